The Morgan fingerprint density at radius 1 is 0.947 bits per heavy atom. The number of hydrogen-bond donors (Lipinski definition) is 3. The number of aliphatic hydroxyl groups excluding tert-OH is 1. The first kappa shape index (κ1) is 26.8. The summed E-state index contributed by atoms with van der Waals surface area (Å²) >= 11 is 0. The Morgan fingerprint density at radius 2 is 1.66 bits per heavy atom. The molecule has 8 heteroatoms. The predicted octanol–water partition coefficient (Wildman–Crippen LogP) is 4.43. The summed E-state index contributed by atoms with van der Waals surface area (Å²) in [5.41, 5.74) is 4.58. The Bertz CT molecular complexity index is 1320. The second-order valence-corrected chi connectivity index (χ2v) is 9.59. The SMILES string of the molecule is CC(C)COC(=O)[C@H](O)C[C@@H](Cc1ccc(-c2ccccc2)cc1)NC(=O)c1cc(-c2ccccn2)n[nH]1. The van der Waals surface area contributed by atoms with Crippen molar-refractivity contribution in [3.8, 4) is 22.5 Å². The van der Waals surface area contributed by atoms with Crippen LogP contribution in [0.25, 0.3) is 22.5 Å². The average Bonchev–Trinajstić information content (AvgIpc) is 3.44. The smallest absolute Gasteiger partial charge is 0.335 e. The standard InChI is InChI=1S/C30H32N4O4/c1-20(2)19-38-30(37)28(35)17-24(16-21-11-13-23(14-12-21)22-8-4-3-5-9-22)32-29(36)27-18-26(33-34-27)25-10-6-7-15-31-25/h3-15,18,20,24,28,35H,16-17,19H2,1-2H3,(H,32,36)(H,33,34)/t24-,28-/m1/s1. The third kappa shape index (κ3) is 7.36. The van der Waals surface area contributed by atoms with Crippen LogP contribution in [0.4, 0.5) is 0 Å². The summed E-state index contributed by atoms with van der Waals surface area (Å²) in [6.07, 6.45) is 0.706. The molecule has 0 fully saturated rings. The van der Waals surface area contributed by atoms with Gasteiger partial charge in [-0.25, -0.2) is 4.79 Å². The minimum absolute atomic E-state index is 0.00431. The van der Waals surface area contributed by atoms with E-state index in [2.05, 4.69) is 20.5 Å². The average molecular weight is 513 g/mol. The van der Waals surface area contributed by atoms with Crippen LogP contribution in [0.2, 0.25) is 0 Å². The van der Waals surface area contributed by atoms with E-state index in [1.807, 2.05) is 74.5 Å². The van der Waals surface area contributed by atoms with Crippen molar-refractivity contribution < 1.29 is 19.4 Å². The monoisotopic (exact) mass is 512 g/mol. The van der Waals surface area contributed by atoms with Gasteiger partial charge in [0.25, 0.3) is 5.91 Å². The lowest BCUT2D eigenvalue weighted by molar-refractivity contribution is -0.155. The number of hydrogen-bond acceptors (Lipinski definition) is 6. The quantitative estimate of drug-likeness (QED) is 0.256. The van der Waals surface area contributed by atoms with Gasteiger partial charge in [-0.1, -0.05) is 74.5 Å². The molecule has 4 aromatic rings. The molecular formula is C30H32N4O4. The van der Waals surface area contributed by atoms with E-state index in [1.165, 1.54) is 0 Å². The molecule has 0 aliphatic heterocycles. The third-order valence-corrected chi connectivity index (χ3v) is 5.97. The molecule has 38 heavy (non-hydrogen) atoms. The maximum absolute atomic E-state index is 13.1. The van der Waals surface area contributed by atoms with Gasteiger partial charge < -0.3 is 15.2 Å². The van der Waals surface area contributed by atoms with Crippen LogP contribution < -0.4 is 5.32 Å². The molecule has 8 nitrogen and oxygen atoms in total. The van der Waals surface area contributed by atoms with Crippen LogP contribution in [0.15, 0.2) is 85.1 Å². The highest BCUT2D eigenvalue weighted by molar-refractivity contribution is 5.93. The van der Waals surface area contributed by atoms with Crippen molar-refractivity contribution in [3.05, 3.63) is 96.3 Å². The maximum atomic E-state index is 13.1. The molecule has 1 amide bonds. The van der Waals surface area contributed by atoms with Gasteiger partial charge >= 0.3 is 5.97 Å². The van der Waals surface area contributed by atoms with E-state index in [-0.39, 0.29) is 24.6 Å². The molecule has 2 aromatic carbocycles. The van der Waals surface area contributed by atoms with Crippen molar-refractivity contribution in [3.63, 3.8) is 0 Å². The Balaban J connectivity index is 1.48. The lowest BCUT2D eigenvalue weighted by Gasteiger charge is -2.21. The van der Waals surface area contributed by atoms with E-state index in [0.717, 1.165) is 16.7 Å². The summed E-state index contributed by atoms with van der Waals surface area (Å²) in [5.74, 6) is -0.942. The van der Waals surface area contributed by atoms with Gasteiger partial charge in [-0.05, 0) is 47.2 Å². The first-order valence-corrected chi connectivity index (χ1v) is 12.7. The first-order chi connectivity index (χ1) is 18.4. The molecule has 0 saturated heterocycles. The van der Waals surface area contributed by atoms with Gasteiger partial charge in [0.2, 0.25) is 0 Å². The molecule has 0 spiro atoms. The molecule has 4 rings (SSSR count). The third-order valence-electron chi connectivity index (χ3n) is 5.97. The van der Waals surface area contributed by atoms with E-state index >= 15 is 0 Å². The van der Waals surface area contributed by atoms with Crippen molar-refractivity contribution in [2.75, 3.05) is 6.61 Å². The topological polar surface area (TPSA) is 117 Å². The van der Waals surface area contributed by atoms with Crippen LogP contribution in [-0.4, -0.2) is 50.9 Å². The van der Waals surface area contributed by atoms with Gasteiger partial charge in [0.05, 0.1) is 12.3 Å². The number of rotatable bonds is 11. The number of carbonyl (C=O) groups excluding carboxylic acids is 2. The zero-order valence-corrected chi connectivity index (χ0v) is 21.5. The number of carbonyl (C=O) groups is 2. The number of aromatic amines is 1. The number of aromatic nitrogens is 3. The number of pyridine rings is 1. The second-order valence-electron chi connectivity index (χ2n) is 9.59. The first-order valence-electron chi connectivity index (χ1n) is 12.7. The Hall–Kier alpha value is -4.30. The van der Waals surface area contributed by atoms with Gasteiger partial charge in [0.15, 0.2) is 6.10 Å². The molecule has 0 bridgehead atoms. The van der Waals surface area contributed by atoms with E-state index < -0.39 is 24.0 Å². The van der Waals surface area contributed by atoms with Crippen LogP contribution in [0, 0.1) is 5.92 Å². The molecular weight excluding hydrogens is 480 g/mol. The number of nitrogens with one attached hydrogen (secondary N) is 2. The van der Waals surface area contributed by atoms with Crippen LogP contribution in [0.1, 0.15) is 36.3 Å². The molecule has 0 aliphatic rings. The Kier molecular flexibility index (Phi) is 9.00. The summed E-state index contributed by atoms with van der Waals surface area (Å²) < 4.78 is 5.20. The molecule has 0 unspecified atom stereocenters. The van der Waals surface area contributed by atoms with Crippen LogP contribution >= 0.6 is 0 Å². The van der Waals surface area contributed by atoms with Crippen LogP contribution in [0.5, 0.6) is 0 Å². The Labute approximate surface area is 222 Å². The van der Waals surface area contributed by atoms with Gasteiger partial charge in [-0.2, -0.15) is 5.10 Å². The lowest BCUT2D eigenvalue weighted by Crippen LogP contribution is -2.41. The molecule has 196 valence electrons. The van der Waals surface area contributed by atoms with Crippen molar-refractivity contribution in [2.45, 2.75) is 38.8 Å². The zero-order valence-electron chi connectivity index (χ0n) is 21.5. The highest BCUT2D eigenvalue weighted by Gasteiger charge is 2.25. The minimum atomic E-state index is -1.37. The number of nitrogens with zero attached hydrogens (tertiary/aromatic N) is 2. The fourth-order valence-electron chi connectivity index (χ4n) is 4.00. The molecule has 0 saturated carbocycles. The van der Waals surface area contributed by atoms with Gasteiger partial charge in [0, 0.05) is 18.7 Å². The minimum Gasteiger partial charge on any atom is -0.464 e. The number of aliphatic hydroxyl groups is 1. The Morgan fingerprint density at radius 3 is 2.34 bits per heavy atom. The summed E-state index contributed by atoms with van der Waals surface area (Å²) in [5, 5.41) is 20.4. The van der Waals surface area contributed by atoms with Crippen LogP contribution in [0.3, 0.4) is 0 Å². The summed E-state index contributed by atoms with van der Waals surface area (Å²) in [6.45, 7) is 4.06. The number of H-pyrrole nitrogens is 1. The highest BCUT2D eigenvalue weighted by Crippen LogP contribution is 2.21. The fraction of sp³-hybridized carbons (Fsp3) is 0.267. The number of esters is 1. The van der Waals surface area contributed by atoms with Crippen molar-refractivity contribution >= 4 is 11.9 Å². The predicted molar refractivity (Wildman–Crippen MR) is 145 cm³/mol. The van der Waals surface area contributed by atoms with E-state index in [1.54, 1.807) is 24.4 Å². The molecule has 2 aromatic heterocycles. The largest absolute Gasteiger partial charge is 0.464 e. The molecule has 0 aliphatic carbocycles. The zero-order chi connectivity index (χ0) is 26.9. The molecule has 0 radical (unpaired) electrons. The molecule has 3 N–H and O–H groups in total. The van der Waals surface area contributed by atoms with Crippen molar-refractivity contribution in [2.24, 2.45) is 5.92 Å². The number of amides is 1. The van der Waals surface area contributed by atoms with Crippen molar-refractivity contribution in [1.82, 2.24) is 20.5 Å². The van der Waals surface area contributed by atoms with Crippen LogP contribution in [-0.2, 0) is 16.0 Å². The normalized spacial score (nSPS) is 12.6. The van der Waals surface area contributed by atoms with Crippen molar-refractivity contribution in [1.29, 1.82) is 0 Å². The summed E-state index contributed by atoms with van der Waals surface area (Å²) in [6, 6.07) is 24.6. The van der Waals surface area contributed by atoms with E-state index in [4.69, 9.17) is 4.74 Å². The number of ether oxygens (including phenoxy) is 1. The highest BCUT2D eigenvalue weighted by atomic mass is 16.5. The van der Waals surface area contributed by atoms with Gasteiger partial charge in [0.1, 0.15) is 11.4 Å². The summed E-state index contributed by atoms with van der Waals surface area (Å²) in [7, 11) is 0. The summed E-state index contributed by atoms with van der Waals surface area (Å²) in [4.78, 5) is 29.7. The maximum Gasteiger partial charge on any atom is 0.335 e. The van der Waals surface area contributed by atoms with E-state index in [9.17, 15) is 14.7 Å². The molecule has 2 heterocycles. The lowest BCUT2D eigenvalue weighted by atomic mass is 9.97. The number of benzene rings is 2. The molecule has 2 atom stereocenters. The second kappa shape index (κ2) is 12.8. The fourth-order valence-corrected chi connectivity index (χ4v) is 4.00. The van der Waals surface area contributed by atoms with Gasteiger partial charge in [-0.3, -0.25) is 14.9 Å². The van der Waals surface area contributed by atoms with E-state index in [0.29, 0.717) is 17.8 Å². The van der Waals surface area contributed by atoms with Gasteiger partial charge in [-0.15, -0.1) is 0 Å².